The molecule has 0 fully saturated rings. The highest BCUT2D eigenvalue weighted by molar-refractivity contribution is 7.17. The highest BCUT2D eigenvalue weighted by Gasteiger charge is 2.16. The van der Waals surface area contributed by atoms with E-state index in [1.165, 1.54) is 22.7 Å². The molecule has 0 spiro atoms. The number of furan rings is 1. The first-order chi connectivity index (χ1) is 13.8. The normalized spacial score (nSPS) is 11.0. The Hall–Kier alpha value is -3.36. The molecule has 0 aromatic carbocycles. The van der Waals surface area contributed by atoms with Crippen molar-refractivity contribution >= 4 is 44.6 Å². The number of hydrogen-bond donors (Lipinski definition) is 1. The van der Waals surface area contributed by atoms with Gasteiger partial charge in [-0.15, -0.1) is 22.7 Å². The van der Waals surface area contributed by atoms with Crippen molar-refractivity contribution in [1.82, 2.24) is 15.0 Å². The van der Waals surface area contributed by atoms with Crippen LogP contribution in [0.4, 0.5) is 5.82 Å². The van der Waals surface area contributed by atoms with Crippen LogP contribution < -0.4 is 5.32 Å². The number of carbonyl (C=O) groups excluding carboxylic acids is 1. The van der Waals surface area contributed by atoms with Gasteiger partial charge in [0.15, 0.2) is 5.82 Å². The second kappa shape index (κ2) is 6.99. The zero-order valence-electron chi connectivity index (χ0n) is 14.3. The lowest BCUT2D eigenvalue weighted by molar-refractivity contribution is 0.103. The largest absolute Gasteiger partial charge is 0.464 e. The van der Waals surface area contributed by atoms with E-state index in [0.29, 0.717) is 22.2 Å². The number of rotatable bonds is 4. The predicted octanol–water partition coefficient (Wildman–Crippen LogP) is 5.33. The van der Waals surface area contributed by atoms with Crippen LogP contribution in [0.2, 0.25) is 0 Å². The summed E-state index contributed by atoms with van der Waals surface area (Å²) in [6.07, 6.45) is 3.31. The number of hydrogen-bond acceptors (Lipinski definition) is 7. The van der Waals surface area contributed by atoms with Gasteiger partial charge in [0.25, 0.3) is 5.91 Å². The van der Waals surface area contributed by atoms with Gasteiger partial charge in [-0.1, -0.05) is 6.07 Å². The molecule has 0 radical (unpaired) electrons. The molecule has 0 atom stereocenters. The van der Waals surface area contributed by atoms with E-state index in [0.717, 1.165) is 20.9 Å². The molecule has 0 saturated heterocycles. The van der Waals surface area contributed by atoms with Crippen molar-refractivity contribution in [2.75, 3.05) is 5.32 Å². The molecule has 1 amide bonds. The van der Waals surface area contributed by atoms with Crippen LogP contribution in [0.5, 0.6) is 0 Å². The third-order valence-electron chi connectivity index (χ3n) is 4.04. The summed E-state index contributed by atoms with van der Waals surface area (Å²) in [5.74, 6) is 1.47. The molecule has 0 aliphatic heterocycles. The topological polar surface area (TPSA) is 80.9 Å². The lowest BCUT2D eigenvalue weighted by Gasteiger charge is -2.07. The Morgan fingerprint density at radius 3 is 2.82 bits per heavy atom. The number of nitrogens with one attached hydrogen (secondary N) is 1. The third-order valence-corrected chi connectivity index (χ3v) is 5.95. The van der Waals surface area contributed by atoms with E-state index in [-0.39, 0.29) is 5.91 Å². The van der Waals surface area contributed by atoms with Crippen molar-refractivity contribution in [2.24, 2.45) is 0 Å². The maximum absolute atomic E-state index is 12.8. The van der Waals surface area contributed by atoms with Crippen LogP contribution in [-0.4, -0.2) is 20.9 Å². The van der Waals surface area contributed by atoms with Crippen LogP contribution in [0.15, 0.2) is 70.8 Å². The van der Waals surface area contributed by atoms with Gasteiger partial charge in [-0.05, 0) is 47.8 Å². The summed E-state index contributed by atoms with van der Waals surface area (Å²) in [5, 5.41) is 5.66. The van der Waals surface area contributed by atoms with Gasteiger partial charge in [0, 0.05) is 6.20 Å². The van der Waals surface area contributed by atoms with Gasteiger partial charge in [-0.25, -0.2) is 9.97 Å². The second-order valence-corrected chi connectivity index (χ2v) is 7.82. The van der Waals surface area contributed by atoms with E-state index in [9.17, 15) is 4.79 Å². The molecule has 6 nitrogen and oxygen atoms in total. The number of pyridine rings is 1. The summed E-state index contributed by atoms with van der Waals surface area (Å²) in [5.41, 5.74) is 0.657. The maximum atomic E-state index is 12.8. The van der Waals surface area contributed by atoms with Crippen LogP contribution in [0, 0.1) is 0 Å². The number of amides is 1. The molecule has 0 unspecified atom stereocenters. The molecule has 0 aliphatic carbocycles. The van der Waals surface area contributed by atoms with Gasteiger partial charge in [-0.3, -0.25) is 9.78 Å². The Morgan fingerprint density at radius 1 is 1.04 bits per heavy atom. The van der Waals surface area contributed by atoms with Gasteiger partial charge >= 0.3 is 0 Å². The SMILES string of the molecule is O=C(Nc1nc(-c2ccccn2)nc2sccc12)c1ccc(-c2ccco2)s1. The van der Waals surface area contributed by atoms with Crippen molar-refractivity contribution in [3.05, 3.63) is 71.2 Å². The molecule has 5 heterocycles. The second-order valence-electron chi connectivity index (χ2n) is 5.85. The first-order valence-electron chi connectivity index (χ1n) is 8.39. The summed E-state index contributed by atoms with van der Waals surface area (Å²) < 4.78 is 5.40. The predicted molar refractivity (Wildman–Crippen MR) is 111 cm³/mol. The summed E-state index contributed by atoms with van der Waals surface area (Å²) in [6, 6.07) is 14.8. The Balaban J connectivity index is 1.49. The Labute approximate surface area is 167 Å². The van der Waals surface area contributed by atoms with E-state index < -0.39 is 0 Å². The summed E-state index contributed by atoms with van der Waals surface area (Å²) in [7, 11) is 0. The minimum Gasteiger partial charge on any atom is -0.464 e. The van der Waals surface area contributed by atoms with Gasteiger partial charge < -0.3 is 9.73 Å². The number of aromatic nitrogens is 3. The molecule has 0 bridgehead atoms. The average Bonchev–Trinajstić information content (AvgIpc) is 3.49. The molecule has 5 aromatic heterocycles. The summed E-state index contributed by atoms with van der Waals surface area (Å²) in [6.45, 7) is 0. The van der Waals surface area contributed by atoms with Gasteiger partial charge in [-0.2, -0.15) is 0 Å². The monoisotopic (exact) mass is 404 g/mol. The molecule has 5 rings (SSSR count). The standard InChI is InChI=1S/C20H12N4O2S2/c25-19(16-7-6-15(28-16)14-5-3-10-26-14)23-17-12-8-11-27-20(12)24-18(22-17)13-4-1-2-9-21-13/h1-11H,(H,22,23,24,25). The summed E-state index contributed by atoms with van der Waals surface area (Å²) in [4.78, 5) is 28.5. The fraction of sp³-hybridized carbons (Fsp3) is 0. The fourth-order valence-electron chi connectivity index (χ4n) is 2.74. The number of thiophene rings is 2. The number of carbonyl (C=O) groups is 1. The van der Waals surface area contributed by atoms with Gasteiger partial charge in [0.05, 0.1) is 21.4 Å². The van der Waals surface area contributed by atoms with E-state index in [1.54, 1.807) is 18.5 Å². The maximum Gasteiger partial charge on any atom is 0.266 e. The summed E-state index contributed by atoms with van der Waals surface area (Å²) >= 11 is 2.86. The van der Waals surface area contributed by atoms with Crippen molar-refractivity contribution in [3.63, 3.8) is 0 Å². The minimum atomic E-state index is -0.221. The quantitative estimate of drug-likeness (QED) is 0.438. The molecular formula is C20H12N4O2S2. The molecule has 1 N–H and O–H groups in total. The van der Waals surface area contributed by atoms with E-state index in [1.807, 2.05) is 47.8 Å². The van der Waals surface area contributed by atoms with E-state index in [2.05, 4.69) is 20.3 Å². The van der Waals surface area contributed by atoms with Gasteiger partial charge in [0.1, 0.15) is 22.1 Å². The number of fused-ring (bicyclic) bond motifs is 1. The molecule has 136 valence electrons. The fourth-order valence-corrected chi connectivity index (χ4v) is 4.37. The third kappa shape index (κ3) is 3.08. The zero-order valence-corrected chi connectivity index (χ0v) is 16.0. The van der Waals surface area contributed by atoms with Crippen LogP contribution in [0.3, 0.4) is 0 Å². The highest BCUT2D eigenvalue weighted by Crippen LogP contribution is 2.31. The smallest absolute Gasteiger partial charge is 0.266 e. The molecule has 8 heteroatoms. The Morgan fingerprint density at radius 2 is 2.00 bits per heavy atom. The molecular weight excluding hydrogens is 392 g/mol. The van der Waals surface area contributed by atoms with Crippen LogP contribution in [-0.2, 0) is 0 Å². The first-order valence-corrected chi connectivity index (χ1v) is 10.1. The van der Waals surface area contributed by atoms with Crippen molar-refractivity contribution < 1.29 is 9.21 Å². The lowest BCUT2D eigenvalue weighted by atomic mass is 10.3. The van der Waals surface area contributed by atoms with E-state index >= 15 is 0 Å². The molecule has 28 heavy (non-hydrogen) atoms. The number of anilines is 1. The lowest BCUT2D eigenvalue weighted by Crippen LogP contribution is -2.12. The minimum absolute atomic E-state index is 0.221. The van der Waals surface area contributed by atoms with Crippen LogP contribution in [0.1, 0.15) is 9.67 Å². The van der Waals surface area contributed by atoms with Crippen LogP contribution in [0.25, 0.3) is 32.4 Å². The Kier molecular flexibility index (Phi) is 4.19. The Bertz CT molecular complexity index is 1260. The van der Waals surface area contributed by atoms with Crippen molar-refractivity contribution in [2.45, 2.75) is 0 Å². The van der Waals surface area contributed by atoms with Crippen molar-refractivity contribution in [3.8, 4) is 22.2 Å². The first kappa shape index (κ1) is 16.8. The molecule has 0 aliphatic rings. The highest BCUT2D eigenvalue weighted by atomic mass is 32.1. The van der Waals surface area contributed by atoms with Crippen molar-refractivity contribution in [1.29, 1.82) is 0 Å². The molecule has 0 saturated carbocycles. The molecule has 5 aromatic rings. The average molecular weight is 404 g/mol. The van der Waals surface area contributed by atoms with Crippen LogP contribution >= 0.6 is 22.7 Å². The zero-order chi connectivity index (χ0) is 18.9. The van der Waals surface area contributed by atoms with E-state index in [4.69, 9.17) is 4.42 Å². The van der Waals surface area contributed by atoms with Gasteiger partial charge in [0.2, 0.25) is 0 Å². The number of nitrogens with zero attached hydrogens (tertiary/aromatic N) is 3.